The van der Waals surface area contributed by atoms with E-state index < -0.39 is 15.6 Å². The Morgan fingerprint density at radius 2 is 1.79 bits per heavy atom. The van der Waals surface area contributed by atoms with Crippen LogP contribution in [0.1, 0.15) is 33.3 Å². The van der Waals surface area contributed by atoms with Crippen molar-refractivity contribution in [1.29, 1.82) is 0 Å². The Bertz CT molecular complexity index is 1140. The number of hydrogen-bond acceptors (Lipinski definition) is 6. The minimum atomic E-state index is -3.77. The molecule has 9 heteroatoms. The predicted octanol–water partition coefficient (Wildman–Crippen LogP) is 3.87. The number of carbonyl (C=O) groups excluding carboxylic acids is 1. The Labute approximate surface area is 195 Å². The maximum atomic E-state index is 13.2. The first-order valence-corrected chi connectivity index (χ1v) is 12.6. The van der Waals surface area contributed by atoms with E-state index in [1.807, 2.05) is 39.8 Å². The van der Waals surface area contributed by atoms with Crippen molar-refractivity contribution in [3.8, 4) is 5.75 Å². The van der Waals surface area contributed by atoms with Crippen LogP contribution in [0.2, 0.25) is 0 Å². The van der Waals surface area contributed by atoms with Crippen LogP contribution in [0, 0.1) is 0 Å². The van der Waals surface area contributed by atoms with Crippen molar-refractivity contribution in [2.75, 3.05) is 35.8 Å². The molecule has 4 rings (SSSR count). The lowest BCUT2D eigenvalue weighted by molar-refractivity contribution is 0.0240. The lowest BCUT2D eigenvalue weighted by atomic mass is 10.1. The molecule has 0 aromatic heterocycles. The fourth-order valence-electron chi connectivity index (χ4n) is 4.06. The molecule has 33 heavy (non-hydrogen) atoms. The monoisotopic (exact) mass is 473 g/mol. The van der Waals surface area contributed by atoms with Crippen LogP contribution < -0.4 is 14.4 Å². The number of carbonyl (C=O) groups is 1. The van der Waals surface area contributed by atoms with Crippen molar-refractivity contribution >= 4 is 27.5 Å². The third kappa shape index (κ3) is 5.35. The summed E-state index contributed by atoms with van der Waals surface area (Å²) in [6.45, 7) is 9.65. The van der Waals surface area contributed by atoms with E-state index in [9.17, 15) is 13.2 Å². The van der Waals surface area contributed by atoms with Gasteiger partial charge in [-0.05, 0) is 63.6 Å². The Kier molecular flexibility index (Phi) is 6.18. The standard InChI is InChI=1S/C24H31N3O5S/c1-17-15-18-16-19(9-10-22(18)31-17)33(29,30)25-20-7-5-6-8-21(20)26-11-13-27(14-12-26)23(28)32-24(2,3)4/h5-10,16-17,25H,11-15H2,1-4H3. The van der Waals surface area contributed by atoms with E-state index in [1.54, 1.807) is 35.2 Å². The average molecular weight is 474 g/mol. The molecular formula is C24H31N3O5S. The fourth-order valence-corrected chi connectivity index (χ4v) is 5.19. The summed E-state index contributed by atoms with van der Waals surface area (Å²) in [5.41, 5.74) is 1.65. The highest BCUT2D eigenvalue weighted by molar-refractivity contribution is 7.92. The highest BCUT2D eigenvalue weighted by Gasteiger charge is 2.28. The number of nitrogens with one attached hydrogen (secondary N) is 1. The zero-order valence-electron chi connectivity index (χ0n) is 19.5. The van der Waals surface area contributed by atoms with E-state index in [2.05, 4.69) is 9.62 Å². The molecule has 0 spiro atoms. The first kappa shape index (κ1) is 23.2. The summed E-state index contributed by atoms with van der Waals surface area (Å²) < 4.78 is 40.2. The number of sulfonamides is 1. The van der Waals surface area contributed by atoms with Gasteiger partial charge in [0.15, 0.2) is 0 Å². The number of rotatable bonds is 4. The maximum absolute atomic E-state index is 13.2. The minimum absolute atomic E-state index is 0.0472. The molecule has 0 radical (unpaired) electrons. The van der Waals surface area contributed by atoms with E-state index in [4.69, 9.17) is 9.47 Å². The minimum Gasteiger partial charge on any atom is -0.490 e. The summed E-state index contributed by atoms with van der Waals surface area (Å²) in [6.07, 6.45) is 0.411. The van der Waals surface area contributed by atoms with Gasteiger partial charge in [-0.1, -0.05) is 12.1 Å². The van der Waals surface area contributed by atoms with Gasteiger partial charge in [-0.2, -0.15) is 0 Å². The number of amides is 1. The lowest BCUT2D eigenvalue weighted by Gasteiger charge is -2.37. The number of hydrogen-bond donors (Lipinski definition) is 1. The SMILES string of the molecule is CC1Cc2cc(S(=O)(=O)Nc3ccccc3N3CCN(C(=O)OC(C)(C)C)CC3)ccc2O1. The van der Waals surface area contributed by atoms with Crippen LogP contribution in [0.25, 0.3) is 0 Å². The van der Waals surface area contributed by atoms with Crippen molar-refractivity contribution in [2.24, 2.45) is 0 Å². The second kappa shape index (κ2) is 8.78. The number of fused-ring (bicyclic) bond motifs is 1. The molecule has 1 unspecified atom stereocenters. The summed E-state index contributed by atoms with van der Waals surface area (Å²) in [5.74, 6) is 0.740. The molecule has 1 saturated heterocycles. The van der Waals surface area contributed by atoms with Crippen LogP contribution in [0.15, 0.2) is 47.4 Å². The van der Waals surface area contributed by atoms with Crippen molar-refractivity contribution in [2.45, 2.75) is 50.7 Å². The fraction of sp³-hybridized carbons (Fsp3) is 0.458. The second-order valence-corrected chi connectivity index (χ2v) is 11.2. The Morgan fingerprint density at radius 3 is 2.48 bits per heavy atom. The lowest BCUT2D eigenvalue weighted by Crippen LogP contribution is -2.50. The van der Waals surface area contributed by atoms with Crippen LogP contribution in [-0.4, -0.2) is 57.3 Å². The molecule has 0 aliphatic carbocycles. The smallest absolute Gasteiger partial charge is 0.410 e. The number of para-hydroxylation sites is 2. The average Bonchev–Trinajstić information content (AvgIpc) is 3.12. The topological polar surface area (TPSA) is 88.2 Å². The highest BCUT2D eigenvalue weighted by Crippen LogP contribution is 2.33. The normalized spacial score (nSPS) is 18.5. The molecule has 178 valence electrons. The molecule has 1 amide bonds. The van der Waals surface area contributed by atoms with Gasteiger partial charge in [0, 0.05) is 32.6 Å². The molecule has 1 N–H and O–H groups in total. The van der Waals surface area contributed by atoms with Gasteiger partial charge < -0.3 is 19.3 Å². The second-order valence-electron chi connectivity index (χ2n) is 9.48. The molecule has 0 bridgehead atoms. The van der Waals surface area contributed by atoms with Gasteiger partial charge in [0.25, 0.3) is 10.0 Å². The third-order valence-electron chi connectivity index (χ3n) is 5.60. The van der Waals surface area contributed by atoms with Gasteiger partial charge in [-0.3, -0.25) is 4.72 Å². The molecule has 2 aromatic rings. The van der Waals surface area contributed by atoms with Crippen molar-refractivity contribution in [3.05, 3.63) is 48.0 Å². The Hall–Kier alpha value is -2.94. The van der Waals surface area contributed by atoms with Crippen LogP contribution in [0.5, 0.6) is 5.75 Å². The molecule has 8 nitrogen and oxygen atoms in total. The molecule has 1 fully saturated rings. The highest BCUT2D eigenvalue weighted by atomic mass is 32.2. The Balaban J connectivity index is 1.47. The summed E-state index contributed by atoms with van der Waals surface area (Å²) in [4.78, 5) is 16.3. The van der Waals surface area contributed by atoms with Gasteiger partial charge in [0.05, 0.1) is 16.3 Å². The van der Waals surface area contributed by atoms with Gasteiger partial charge >= 0.3 is 6.09 Å². The van der Waals surface area contributed by atoms with Gasteiger partial charge in [-0.15, -0.1) is 0 Å². The van der Waals surface area contributed by atoms with Crippen molar-refractivity contribution < 1.29 is 22.7 Å². The van der Waals surface area contributed by atoms with E-state index in [0.717, 1.165) is 17.0 Å². The maximum Gasteiger partial charge on any atom is 0.410 e. The van der Waals surface area contributed by atoms with Crippen molar-refractivity contribution in [1.82, 2.24) is 4.90 Å². The molecular weight excluding hydrogens is 442 g/mol. The number of piperazine rings is 1. The summed E-state index contributed by atoms with van der Waals surface area (Å²) in [6, 6.07) is 12.3. The van der Waals surface area contributed by atoms with Crippen LogP contribution >= 0.6 is 0 Å². The molecule has 2 aromatic carbocycles. The van der Waals surface area contributed by atoms with E-state index in [-0.39, 0.29) is 17.1 Å². The molecule has 2 heterocycles. The Morgan fingerprint density at radius 1 is 1.09 bits per heavy atom. The molecule has 0 saturated carbocycles. The van der Waals surface area contributed by atoms with Gasteiger partial charge in [0.2, 0.25) is 0 Å². The van der Waals surface area contributed by atoms with Gasteiger partial charge in [-0.25, -0.2) is 13.2 Å². The zero-order valence-corrected chi connectivity index (χ0v) is 20.3. The number of benzene rings is 2. The largest absolute Gasteiger partial charge is 0.490 e. The first-order valence-electron chi connectivity index (χ1n) is 11.2. The van der Waals surface area contributed by atoms with Crippen LogP contribution in [-0.2, 0) is 21.2 Å². The molecule has 2 aliphatic rings. The molecule has 2 aliphatic heterocycles. The predicted molar refractivity (Wildman–Crippen MR) is 128 cm³/mol. The summed E-state index contributed by atoms with van der Waals surface area (Å²) in [5, 5.41) is 0. The summed E-state index contributed by atoms with van der Waals surface area (Å²) in [7, 11) is -3.77. The van der Waals surface area contributed by atoms with Crippen LogP contribution in [0.4, 0.5) is 16.2 Å². The number of ether oxygens (including phenoxy) is 2. The van der Waals surface area contributed by atoms with E-state index >= 15 is 0 Å². The third-order valence-corrected chi connectivity index (χ3v) is 6.96. The quantitative estimate of drug-likeness (QED) is 0.725. The van der Waals surface area contributed by atoms with Crippen LogP contribution in [0.3, 0.4) is 0 Å². The number of nitrogens with zero attached hydrogens (tertiary/aromatic N) is 2. The summed E-state index contributed by atoms with van der Waals surface area (Å²) >= 11 is 0. The van der Waals surface area contributed by atoms with Crippen molar-refractivity contribution in [3.63, 3.8) is 0 Å². The van der Waals surface area contributed by atoms with E-state index in [1.165, 1.54) is 0 Å². The molecule has 1 atom stereocenters. The van der Waals surface area contributed by atoms with E-state index in [0.29, 0.717) is 38.3 Å². The first-order chi connectivity index (χ1) is 15.5. The van der Waals surface area contributed by atoms with Gasteiger partial charge in [0.1, 0.15) is 17.5 Å². The zero-order chi connectivity index (χ0) is 23.8. The number of anilines is 2.